The van der Waals surface area contributed by atoms with Crippen LogP contribution < -0.4 is 5.23 Å². The Morgan fingerprint density at radius 2 is 1.92 bits per heavy atom. The Labute approximate surface area is 145 Å². The van der Waals surface area contributed by atoms with Crippen LogP contribution in [-0.4, -0.2) is 36.5 Å². The molecule has 1 fully saturated rings. The van der Waals surface area contributed by atoms with Crippen LogP contribution in [0.3, 0.4) is 0 Å². The molecule has 0 unspecified atom stereocenters. The van der Waals surface area contributed by atoms with Crippen LogP contribution in [0.25, 0.3) is 6.08 Å². The van der Waals surface area contributed by atoms with Gasteiger partial charge in [-0.25, -0.2) is 4.79 Å². The number of nitrogens with one attached hydrogen (secondary N) is 1. The molecular weight excluding hydrogens is 299 g/mol. The molecule has 3 rings (SSSR count). The van der Waals surface area contributed by atoms with Crippen molar-refractivity contribution in [1.29, 1.82) is 0 Å². The maximum atomic E-state index is 12.2. The van der Waals surface area contributed by atoms with E-state index < -0.39 is 5.60 Å². The zero-order valence-corrected chi connectivity index (χ0v) is 15.1. The Morgan fingerprint density at radius 1 is 1.25 bits per heavy atom. The number of carbonyl (C=O) groups is 1. The van der Waals surface area contributed by atoms with Gasteiger partial charge in [-0.1, -0.05) is 36.6 Å². The fourth-order valence-electron chi connectivity index (χ4n) is 3.57. The number of likely N-dealkylation sites (tertiary alicyclic amines) is 1. The van der Waals surface area contributed by atoms with Gasteiger partial charge >= 0.3 is 6.09 Å². The number of hydrogen-bond acceptors (Lipinski definition) is 3. The average Bonchev–Trinajstić information content (AvgIpc) is 2.53. The zero-order valence-electron chi connectivity index (χ0n) is 15.1. The number of allylic oxidation sites excluding steroid dienone is 1. The summed E-state index contributed by atoms with van der Waals surface area (Å²) in [5, 5.41) is 3.60. The lowest BCUT2D eigenvalue weighted by Crippen LogP contribution is -2.43. The molecule has 5 heteroatoms. The molecule has 0 atom stereocenters. The van der Waals surface area contributed by atoms with Gasteiger partial charge in [-0.15, -0.1) is 0 Å². The number of rotatable bonds is 1. The first kappa shape index (κ1) is 16.9. The monoisotopic (exact) mass is 326 g/mol. The summed E-state index contributed by atoms with van der Waals surface area (Å²) in [5.74, 6) is 0.527. The van der Waals surface area contributed by atoms with Crippen LogP contribution in [0.2, 0.25) is 6.82 Å². The molecule has 2 aliphatic rings. The fourth-order valence-corrected chi connectivity index (χ4v) is 3.57. The van der Waals surface area contributed by atoms with Gasteiger partial charge in [0.25, 0.3) is 6.85 Å². The molecule has 0 spiro atoms. The molecule has 1 saturated heterocycles. The van der Waals surface area contributed by atoms with Crippen LogP contribution >= 0.6 is 0 Å². The number of hydrogen-bond donors (Lipinski definition) is 1. The summed E-state index contributed by atoms with van der Waals surface area (Å²) in [5.41, 5.74) is 3.50. The smallest absolute Gasteiger partial charge is 0.410 e. The topological polar surface area (TPSA) is 41.6 Å². The number of benzene rings is 1. The van der Waals surface area contributed by atoms with E-state index in [0.29, 0.717) is 12.8 Å². The molecule has 0 saturated carbocycles. The second-order valence-corrected chi connectivity index (χ2v) is 7.84. The molecule has 0 radical (unpaired) electrons. The van der Waals surface area contributed by atoms with Crippen LogP contribution in [0.4, 0.5) is 10.5 Å². The van der Waals surface area contributed by atoms with E-state index in [9.17, 15) is 4.79 Å². The Hall–Kier alpha value is -1.91. The summed E-state index contributed by atoms with van der Waals surface area (Å²) >= 11 is 0. The number of nitrogens with zero attached hydrogens (tertiary/aromatic N) is 1. The highest BCUT2D eigenvalue weighted by molar-refractivity contribution is 6.70. The van der Waals surface area contributed by atoms with Gasteiger partial charge in [-0.05, 0) is 51.2 Å². The van der Waals surface area contributed by atoms with Crippen molar-refractivity contribution in [2.45, 2.75) is 46.0 Å². The van der Waals surface area contributed by atoms with Crippen molar-refractivity contribution in [2.75, 3.05) is 18.3 Å². The minimum atomic E-state index is -0.429. The molecule has 4 nitrogen and oxygen atoms in total. The molecule has 128 valence electrons. The number of piperidine rings is 1. The van der Waals surface area contributed by atoms with E-state index in [2.05, 4.69) is 42.4 Å². The van der Waals surface area contributed by atoms with Crippen molar-refractivity contribution in [2.24, 2.45) is 5.92 Å². The predicted octanol–water partition coefficient (Wildman–Crippen LogP) is 4.30. The van der Waals surface area contributed by atoms with Gasteiger partial charge in [-0.3, -0.25) is 0 Å². The van der Waals surface area contributed by atoms with Gasteiger partial charge in [0.05, 0.1) is 0 Å². The largest absolute Gasteiger partial charge is 0.444 e. The van der Waals surface area contributed by atoms with Crippen LogP contribution in [0, 0.1) is 5.92 Å². The fraction of sp³-hybridized carbons (Fsp3) is 0.526. The second-order valence-electron chi connectivity index (χ2n) is 7.84. The normalized spacial score (nSPS) is 18.6. The van der Waals surface area contributed by atoms with Crippen LogP contribution in [0.5, 0.6) is 0 Å². The molecule has 0 aromatic heterocycles. The number of carbonyl (C=O) groups excluding carboxylic acids is 1. The minimum absolute atomic E-state index is 0.185. The van der Waals surface area contributed by atoms with Crippen LogP contribution in [0.1, 0.15) is 39.2 Å². The Balaban J connectivity index is 1.65. The third-order valence-corrected chi connectivity index (χ3v) is 4.77. The molecule has 0 aliphatic carbocycles. The number of anilines is 1. The van der Waals surface area contributed by atoms with Crippen molar-refractivity contribution in [3.05, 3.63) is 35.3 Å². The quantitative estimate of drug-likeness (QED) is 0.782. The minimum Gasteiger partial charge on any atom is -0.444 e. The molecular formula is C19H27BN2O2. The van der Waals surface area contributed by atoms with E-state index >= 15 is 0 Å². The number of fused-ring (bicyclic) bond motifs is 1. The number of para-hydroxylation sites is 1. The second kappa shape index (κ2) is 6.54. The highest BCUT2D eigenvalue weighted by atomic mass is 16.6. The van der Waals surface area contributed by atoms with E-state index in [1.807, 2.05) is 25.7 Å². The summed E-state index contributed by atoms with van der Waals surface area (Å²) < 4.78 is 5.49. The third-order valence-electron chi connectivity index (χ3n) is 4.77. The molecule has 2 aliphatic heterocycles. The van der Waals surface area contributed by atoms with E-state index in [0.717, 1.165) is 25.9 Å². The van der Waals surface area contributed by atoms with Gasteiger partial charge < -0.3 is 14.9 Å². The lowest BCUT2D eigenvalue weighted by atomic mass is 9.51. The van der Waals surface area contributed by atoms with Crippen LogP contribution in [-0.2, 0) is 4.74 Å². The summed E-state index contributed by atoms with van der Waals surface area (Å²) in [4.78, 5) is 14.0. The summed E-state index contributed by atoms with van der Waals surface area (Å²) in [6.07, 6.45) is 4.15. The van der Waals surface area contributed by atoms with E-state index in [4.69, 9.17) is 4.74 Å². The Bertz CT molecular complexity index is 643. The average molecular weight is 326 g/mol. The Kier molecular flexibility index (Phi) is 4.61. The van der Waals surface area contributed by atoms with E-state index in [-0.39, 0.29) is 6.09 Å². The Morgan fingerprint density at radius 3 is 2.58 bits per heavy atom. The SMILES string of the molecule is CB1Nc2ccccc2C=C1C1CCN(C(=O)OC(C)(C)C)CC1. The van der Waals surface area contributed by atoms with Gasteiger partial charge in [0, 0.05) is 18.8 Å². The summed E-state index contributed by atoms with van der Waals surface area (Å²) in [6, 6.07) is 8.43. The van der Waals surface area contributed by atoms with Crippen molar-refractivity contribution in [3.63, 3.8) is 0 Å². The lowest BCUT2D eigenvalue weighted by molar-refractivity contribution is 0.0196. The molecule has 1 aromatic carbocycles. The highest BCUT2D eigenvalue weighted by Gasteiger charge is 2.32. The maximum absolute atomic E-state index is 12.2. The van der Waals surface area contributed by atoms with Gasteiger partial charge in [0.2, 0.25) is 0 Å². The molecule has 1 aromatic rings. The van der Waals surface area contributed by atoms with Crippen LogP contribution in [0.15, 0.2) is 29.7 Å². The summed E-state index contributed by atoms with van der Waals surface area (Å²) in [7, 11) is 0. The number of ether oxygens (including phenoxy) is 1. The maximum Gasteiger partial charge on any atom is 0.410 e. The first-order valence-electron chi connectivity index (χ1n) is 8.88. The van der Waals surface area contributed by atoms with Crippen molar-refractivity contribution < 1.29 is 9.53 Å². The predicted molar refractivity (Wildman–Crippen MR) is 100 cm³/mol. The highest BCUT2D eigenvalue weighted by Crippen LogP contribution is 2.33. The zero-order chi connectivity index (χ0) is 17.3. The molecule has 2 heterocycles. The first-order chi connectivity index (χ1) is 11.3. The van der Waals surface area contributed by atoms with Gasteiger partial charge in [-0.2, -0.15) is 0 Å². The van der Waals surface area contributed by atoms with E-state index in [1.165, 1.54) is 16.7 Å². The van der Waals surface area contributed by atoms with Crippen molar-refractivity contribution in [3.8, 4) is 0 Å². The standard InChI is InChI=1S/C19H27BN2O2/c1-19(2,3)24-18(23)22-11-9-14(10-12-22)16-13-15-7-5-6-8-17(15)21-20(16)4/h5-8,13-14,21H,9-12H2,1-4H3. The molecule has 1 N–H and O–H groups in total. The summed E-state index contributed by atoms with van der Waals surface area (Å²) in [6.45, 7) is 9.84. The lowest BCUT2D eigenvalue weighted by Gasteiger charge is -2.36. The molecule has 0 bridgehead atoms. The molecule has 1 amide bonds. The molecule has 24 heavy (non-hydrogen) atoms. The van der Waals surface area contributed by atoms with Crippen molar-refractivity contribution in [1.82, 2.24) is 4.90 Å². The first-order valence-corrected chi connectivity index (χ1v) is 8.88. The van der Waals surface area contributed by atoms with E-state index in [1.54, 1.807) is 0 Å². The third kappa shape index (κ3) is 3.77. The number of amides is 1. The van der Waals surface area contributed by atoms with Gasteiger partial charge in [0.15, 0.2) is 0 Å². The van der Waals surface area contributed by atoms with Gasteiger partial charge in [0.1, 0.15) is 5.60 Å². The van der Waals surface area contributed by atoms with Crippen molar-refractivity contribution >= 4 is 24.7 Å².